The summed E-state index contributed by atoms with van der Waals surface area (Å²) >= 11 is 0. The minimum atomic E-state index is -0.109. The van der Waals surface area contributed by atoms with Gasteiger partial charge in [-0.3, -0.25) is 9.78 Å². The first-order chi connectivity index (χ1) is 12.8. The Labute approximate surface area is 152 Å². The van der Waals surface area contributed by atoms with Crippen molar-refractivity contribution in [3.05, 3.63) is 60.4 Å². The smallest absolute Gasteiger partial charge is 0.252 e. The first-order valence-electron chi connectivity index (χ1n) is 8.57. The van der Waals surface area contributed by atoms with E-state index in [1.54, 1.807) is 19.5 Å². The van der Waals surface area contributed by atoms with Crippen LogP contribution in [-0.4, -0.2) is 49.2 Å². The summed E-state index contributed by atoms with van der Waals surface area (Å²) in [4.78, 5) is 21.5. The molecule has 0 fully saturated rings. The second-order valence-electron chi connectivity index (χ2n) is 5.81. The molecule has 3 rings (SSSR count). The molecule has 0 aliphatic carbocycles. The number of pyridine rings is 2. The maximum absolute atomic E-state index is 12.7. The maximum atomic E-state index is 12.7. The molecule has 0 saturated heterocycles. The van der Waals surface area contributed by atoms with Gasteiger partial charge in [0.05, 0.1) is 23.4 Å². The highest BCUT2D eigenvalue weighted by atomic mass is 16.5. The van der Waals surface area contributed by atoms with Gasteiger partial charge in [-0.15, -0.1) is 0 Å². The third-order valence-electron chi connectivity index (χ3n) is 3.99. The lowest BCUT2D eigenvalue weighted by Crippen LogP contribution is -2.33. The fourth-order valence-electron chi connectivity index (χ4n) is 2.68. The number of carbonyl (C=O) groups is 1. The number of rotatable bonds is 8. The Hall–Kier alpha value is -2.83. The van der Waals surface area contributed by atoms with Gasteiger partial charge in [0, 0.05) is 50.1 Å². The largest absolute Gasteiger partial charge is 0.383 e. The number of nitrogens with one attached hydrogen (secondary N) is 2. The van der Waals surface area contributed by atoms with Crippen LogP contribution < -0.4 is 10.6 Å². The lowest BCUT2D eigenvalue weighted by atomic mass is 10.0. The van der Waals surface area contributed by atoms with Crippen LogP contribution >= 0.6 is 0 Å². The Morgan fingerprint density at radius 2 is 2.00 bits per heavy atom. The van der Waals surface area contributed by atoms with E-state index in [4.69, 9.17) is 4.74 Å². The monoisotopic (exact) mass is 350 g/mol. The number of para-hydroxylation sites is 1. The van der Waals surface area contributed by atoms with Crippen molar-refractivity contribution in [3.8, 4) is 11.3 Å². The van der Waals surface area contributed by atoms with Crippen molar-refractivity contribution in [2.24, 2.45) is 0 Å². The van der Waals surface area contributed by atoms with Gasteiger partial charge in [0.1, 0.15) is 0 Å². The number of amides is 1. The van der Waals surface area contributed by atoms with E-state index < -0.39 is 0 Å². The van der Waals surface area contributed by atoms with E-state index >= 15 is 0 Å². The normalized spacial score (nSPS) is 10.8. The molecule has 0 saturated carbocycles. The molecule has 2 aromatic heterocycles. The highest BCUT2D eigenvalue weighted by Gasteiger charge is 2.13. The summed E-state index contributed by atoms with van der Waals surface area (Å²) in [5.41, 5.74) is 3.03. The molecule has 6 nitrogen and oxygen atoms in total. The standard InChI is InChI=1S/C20H22N4O2/c1-26-12-11-21-9-10-23-20(25)17-13-19(15-5-4-8-22-14-15)24-18-7-3-2-6-16(17)18/h2-8,13-14,21H,9-12H2,1H3,(H,23,25). The molecule has 0 bridgehead atoms. The second kappa shape index (κ2) is 9.03. The zero-order chi connectivity index (χ0) is 18.2. The van der Waals surface area contributed by atoms with E-state index in [0.29, 0.717) is 25.3 Å². The zero-order valence-corrected chi connectivity index (χ0v) is 14.7. The average Bonchev–Trinajstić information content (AvgIpc) is 2.70. The minimum absolute atomic E-state index is 0.109. The number of fused-ring (bicyclic) bond motifs is 1. The molecular formula is C20H22N4O2. The summed E-state index contributed by atoms with van der Waals surface area (Å²) in [6.07, 6.45) is 3.47. The zero-order valence-electron chi connectivity index (χ0n) is 14.7. The molecule has 0 spiro atoms. The van der Waals surface area contributed by atoms with E-state index in [2.05, 4.69) is 20.6 Å². The van der Waals surface area contributed by atoms with Crippen molar-refractivity contribution in [3.63, 3.8) is 0 Å². The first-order valence-corrected chi connectivity index (χ1v) is 8.57. The van der Waals surface area contributed by atoms with Gasteiger partial charge < -0.3 is 15.4 Å². The number of ether oxygens (including phenoxy) is 1. The van der Waals surface area contributed by atoms with Gasteiger partial charge in [0.25, 0.3) is 5.91 Å². The molecule has 134 valence electrons. The van der Waals surface area contributed by atoms with Crippen molar-refractivity contribution in [2.45, 2.75) is 0 Å². The van der Waals surface area contributed by atoms with Crippen LogP contribution in [0.15, 0.2) is 54.9 Å². The average molecular weight is 350 g/mol. The number of hydrogen-bond donors (Lipinski definition) is 2. The van der Waals surface area contributed by atoms with Gasteiger partial charge in [-0.05, 0) is 24.3 Å². The van der Waals surface area contributed by atoms with Crippen molar-refractivity contribution < 1.29 is 9.53 Å². The Kier molecular flexibility index (Phi) is 6.24. The molecule has 1 aromatic carbocycles. The van der Waals surface area contributed by atoms with Crippen LogP contribution in [-0.2, 0) is 4.74 Å². The molecule has 3 aromatic rings. The van der Waals surface area contributed by atoms with Gasteiger partial charge in [0.2, 0.25) is 0 Å². The summed E-state index contributed by atoms with van der Waals surface area (Å²) in [5.74, 6) is -0.109. The molecule has 2 N–H and O–H groups in total. The van der Waals surface area contributed by atoms with Crippen molar-refractivity contribution >= 4 is 16.8 Å². The van der Waals surface area contributed by atoms with Crippen LogP contribution in [0.2, 0.25) is 0 Å². The predicted octanol–water partition coefficient (Wildman–Crippen LogP) is 2.26. The lowest BCUT2D eigenvalue weighted by molar-refractivity contribution is 0.0955. The predicted molar refractivity (Wildman–Crippen MR) is 102 cm³/mol. The van der Waals surface area contributed by atoms with Gasteiger partial charge in [-0.2, -0.15) is 0 Å². The number of aromatic nitrogens is 2. The summed E-state index contributed by atoms with van der Waals surface area (Å²) in [5, 5.41) is 7.01. The Balaban J connectivity index is 1.81. The summed E-state index contributed by atoms with van der Waals surface area (Å²) in [6.45, 7) is 2.64. The molecule has 0 aliphatic heterocycles. The Morgan fingerprint density at radius 1 is 1.12 bits per heavy atom. The van der Waals surface area contributed by atoms with Gasteiger partial charge in [-0.25, -0.2) is 4.98 Å². The fraction of sp³-hybridized carbons (Fsp3) is 0.250. The molecular weight excluding hydrogens is 328 g/mol. The third kappa shape index (κ3) is 4.41. The lowest BCUT2D eigenvalue weighted by Gasteiger charge is -2.11. The van der Waals surface area contributed by atoms with Crippen LogP contribution in [0.3, 0.4) is 0 Å². The van der Waals surface area contributed by atoms with E-state index in [-0.39, 0.29) is 5.91 Å². The topological polar surface area (TPSA) is 76.1 Å². The summed E-state index contributed by atoms with van der Waals surface area (Å²) in [6, 6.07) is 13.3. The minimum Gasteiger partial charge on any atom is -0.383 e. The molecule has 0 atom stereocenters. The number of hydrogen-bond acceptors (Lipinski definition) is 5. The molecule has 6 heteroatoms. The van der Waals surface area contributed by atoms with Crippen LogP contribution in [0, 0.1) is 0 Å². The molecule has 2 heterocycles. The molecule has 1 amide bonds. The number of nitrogens with zero attached hydrogens (tertiary/aromatic N) is 2. The highest BCUT2D eigenvalue weighted by Crippen LogP contribution is 2.24. The summed E-state index contributed by atoms with van der Waals surface area (Å²) in [7, 11) is 1.66. The van der Waals surface area contributed by atoms with E-state index in [0.717, 1.165) is 28.7 Å². The highest BCUT2D eigenvalue weighted by molar-refractivity contribution is 6.07. The molecule has 26 heavy (non-hydrogen) atoms. The summed E-state index contributed by atoms with van der Waals surface area (Å²) < 4.78 is 4.98. The number of benzene rings is 1. The SMILES string of the molecule is COCCNCCNC(=O)c1cc(-c2cccnc2)nc2ccccc12. The van der Waals surface area contributed by atoms with Crippen LogP contribution in [0.25, 0.3) is 22.2 Å². The Bertz CT molecular complexity index is 868. The molecule has 0 radical (unpaired) electrons. The van der Waals surface area contributed by atoms with Crippen LogP contribution in [0.5, 0.6) is 0 Å². The van der Waals surface area contributed by atoms with E-state index in [1.165, 1.54) is 0 Å². The van der Waals surface area contributed by atoms with Crippen molar-refractivity contribution in [1.82, 2.24) is 20.6 Å². The van der Waals surface area contributed by atoms with Crippen LogP contribution in [0.1, 0.15) is 10.4 Å². The van der Waals surface area contributed by atoms with Gasteiger partial charge in [0.15, 0.2) is 0 Å². The van der Waals surface area contributed by atoms with Gasteiger partial charge in [-0.1, -0.05) is 18.2 Å². The van der Waals surface area contributed by atoms with Crippen molar-refractivity contribution in [1.29, 1.82) is 0 Å². The number of carbonyl (C=O) groups excluding carboxylic acids is 1. The van der Waals surface area contributed by atoms with Crippen molar-refractivity contribution in [2.75, 3.05) is 33.4 Å². The van der Waals surface area contributed by atoms with Gasteiger partial charge >= 0.3 is 0 Å². The molecule has 0 aliphatic rings. The fourth-order valence-corrected chi connectivity index (χ4v) is 2.68. The first kappa shape index (κ1) is 18.0. The van der Waals surface area contributed by atoms with E-state index in [9.17, 15) is 4.79 Å². The van der Waals surface area contributed by atoms with E-state index in [1.807, 2.05) is 42.5 Å². The van der Waals surface area contributed by atoms with Crippen LogP contribution in [0.4, 0.5) is 0 Å². The quantitative estimate of drug-likeness (QED) is 0.610. The Morgan fingerprint density at radius 3 is 2.81 bits per heavy atom. The maximum Gasteiger partial charge on any atom is 0.252 e. The molecule has 0 unspecified atom stereocenters. The number of methoxy groups -OCH3 is 1. The second-order valence-corrected chi connectivity index (χ2v) is 5.81. The third-order valence-corrected chi connectivity index (χ3v) is 3.99.